The summed E-state index contributed by atoms with van der Waals surface area (Å²) in [4.78, 5) is 21.2. The van der Waals surface area contributed by atoms with Crippen LogP contribution >= 0.6 is 11.3 Å². The van der Waals surface area contributed by atoms with Gasteiger partial charge in [0.05, 0.1) is 34.2 Å². The monoisotopic (exact) mass is 327 g/mol. The topological polar surface area (TPSA) is 100 Å². The van der Waals surface area contributed by atoms with E-state index in [0.717, 1.165) is 10.2 Å². The molecule has 7 nitrogen and oxygen atoms in total. The number of thiophene rings is 1. The second kappa shape index (κ2) is 5.23. The maximum Gasteiger partial charge on any atom is 0.305 e. The van der Waals surface area contributed by atoms with Crippen LogP contribution in [0.1, 0.15) is 6.42 Å². The average Bonchev–Trinajstić information content (AvgIpc) is 2.85. The van der Waals surface area contributed by atoms with Crippen molar-refractivity contribution in [2.24, 2.45) is 0 Å². The average molecular weight is 327 g/mol. The maximum atomic E-state index is 11.8. The molecule has 0 spiro atoms. The Morgan fingerprint density at radius 3 is 3.05 bits per heavy atom. The SMILES string of the molecule is O=C(O)CC1CS(=O)(=O)CCN1c1ncnc2ccsc12. The van der Waals surface area contributed by atoms with Gasteiger partial charge in [0, 0.05) is 6.54 Å². The Hall–Kier alpha value is -1.74. The zero-order valence-electron chi connectivity index (χ0n) is 11.0. The fraction of sp³-hybridized carbons (Fsp3) is 0.417. The van der Waals surface area contributed by atoms with Gasteiger partial charge >= 0.3 is 5.97 Å². The Balaban J connectivity index is 2.02. The molecule has 2 aromatic heterocycles. The highest BCUT2D eigenvalue weighted by molar-refractivity contribution is 7.91. The Morgan fingerprint density at radius 2 is 2.29 bits per heavy atom. The molecule has 2 aromatic rings. The lowest BCUT2D eigenvalue weighted by atomic mass is 10.2. The van der Waals surface area contributed by atoms with Crippen LogP contribution in [-0.4, -0.2) is 53.6 Å². The lowest BCUT2D eigenvalue weighted by Crippen LogP contribution is -2.49. The molecule has 21 heavy (non-hydrogen) atoms. The molecule has 0 amide bonds. The fourth-order valence-corrected chi connectivity index (χ4v) is 4.89. The van der Waals surface area contributed by atoms with E-state index in [1.165, 1.54) is 17.7 Å². The molecule has 1 unspecified atom stereocenters. The highest BCUT2D eigenvalue weighted by Crippen LogP contribution is 2.31. The van der Waals surface area contributed by atoms with Crippen LogP contribution in [0, 0.1) is 0 Å². The van der Waals surface area contributed by atoms with Crippen LogP contribution in [0.15, 0.2) is 17.8 Å². The Labute approximate surface area is 125 Å². The molecule has 3 heterocycles. The second-order valence-electron chi connectivity index (χ2n) is 4.89. The summed E-state index contributed by atoms with van der Waals surface area (Å²) in [6.07, 6.45) is 1.20. The number of carboxylic acids is 1. The zero-order chi connectivity index (χ0) is 15.0. The standard InChI is InChI=1S/C12H13N3O4S2/c16-10(17)5-8-6-21(18,19)4-2-15(8)12-11-9(1-3-20-11)13-7-14-12/h1,3,7-8H,2,4-6H2,(H,16,17). The highest BCUT2D eigenvalue weighted by atomic mass is 32.2. The van der Waals surface area contributed by atoms with Crippen LogP contribution in [0.25, 0.3) is 10.2 Å². The number of rotatable bonds is 3. The van der Waals surface area contributed by atoms with Crippen LogP contribution < -0.4 is 4.90 Å². The van der Waals surface area contributed by atoms with Crippen LogP contribution in [0.2, 0.25) is 0 Å². The summed E-state index contributed by atoms with van der Waals surface area (Å²) < 4.78 is 24.4. The van der Waals surface area contributed by atoms with Crippen molar-refractivity contribution in [2.75, 3.05) is 23.0 Å². The summed E-state index contributed by atoms with van der Waals surface area (Å²) in [5, 5.41) is 10.9. The van der Waals surface area contributed by atoms with Crippen molar-refractivity contribution in [2.45, 2.75) is 12.5 Å². The number of hydrogen-bond donors (Lipinski definition) is 1. The molecule has 1 saturated heterocycles. The van der Waals surface area contributed by atoms with E-state index in [2.05, 4.69) is 9.97 Å². The molecule has 0 aliphatic carbocycles. The van der Waals surface area contributed by atoms with Gasteiger partial charge < -0.3 is 10.0 Å². The first-order valence-electron chi connectivity index (χ1n) is 6.33. The van der Waals surface area contributed by atoms with Gasteiger partial charge in [-0.15, -0.1) is 11.3 Å². The molecule has 1 aliphatic heterocycles. The molecule has 0 aromatic carbocycles. The van der Waals surface area contributed by atoms with E-state index in [4.69, 9.17) is 5.11 Å². The normalized spacial score (nSPS) is 21.5. The lowest BCUT2D eigenvalue weighted by molar-refractivity contribution is -0.137. The van der Waals surface area contributed by atoms with E-state index in [-0.39, 0.29) is 24.5 Å². The molecule has 1 aliphatic rings. The fourth-order valence-electron chi connectivity index (χ4n) is 2.52. The second-order valence-corrected chi connectivity index (χ2v) is 8.04. The van der Waals surface area contributed by atoms with Crippen LogP contribution in [0.3, 0.4) is 0 Å². The van der Waals surface area contributed by atoms with Crippen molar-refractivity contribution >= 4 is 43.2 Å². The number of fused-ring (bicyclic) bond motifs is 1. The van der Waals surface area contributed by atoms with E-state index in [1.54, 1.807) is 4.90 Å². The zero-order valence-corrected chi connectivity index (χ0v) is 12.6. The minimum atomic E-state index is -3.20. The maximum absolute atomic E-state index is 11.8. The Kier molecular flexibility index (Phi) is 3.54. The molecule has 1 atom stereocenters. The Morgan fingerprint density at radius 1 is 1.48 bits per heavy atom. The van der Waals surface area contributed by atoms with Crippen LogP contribution in [0.5, 0.6) is 0 Å². The molecule has 3 rings (SSSR count). The third-order valence-corrected chi connectivity index (χ3v) is 6.03. The van der Waals surface area contributed by atoms with Gasteiger partial charge in [-0.2, -0.15) is 0 Å². The largest absolute Gasteiger partial charge is 0.481 e. The van der Waals surface area contributed by atoms with Gasteiger partial charge in [-0.05, 0) is 11.4 Å². The van der Waals surface area contributed by atoms with Crippen molar-refractivity contribution in [1.82, 2.24) is 9.97 Å². The molecular formula is C12H13N3O4S2. The molecule has 0 radical (unpaired) electrons. The third-order valence-electron chi connectivity index (χ3n) is 3.44. The minimum Gasteiger partial charge on any atom is -0.481 e. The molecule has 9 heteroatoms. The minimum absolute atomic E-state index is 0.0139. The van der Waals surface area contributed by atoms with Crippen LogP contribution in [-0.2, 0) is 14.6 Å². The summed E-state index contributed by atoms with van der Waals surface area (Å²) in [5.41, 5.74) is 0.785. The van der Waals surface area contributed by atoms with Gasteiger partial charge in [0.2, 0.25) is 0 Å². The molecular weight excluding hydrogens is 314 g/mol. The smallest absolute Gasteiger partial charge is 0.305 e. The molecule has 0 bridgehead atoms. The van der Waals surface area contributed by atoms with Crippen molar-refractivity contribution in [3.8, 4) is 0 Å². The first-order chi connectivity index (χ1) is 9.96. The molecule has 1 fully saturated rings. The summed E-state index contributed by atoms with van der Waals surface area (Å²) >= 11 is 1.46. The van der Waals surface area contributed by atoms with Gasteiger partial charge in [0.15, 0.2) is 9.84 Å². The van der Waals surface area contributed by atoms with Gasteiger partial charge in [-0.1, -0.05) is 0 Å². The van der Waals surface area contributed by atoms with E-state index >= 15 is 0 Å². The third kappa shape index (κ3) is 2.84. The quantitative estimate of drug-likeness (QED) is 0.888. The summed E-state index contributed by atoms with van der Waals surface area (Å²) in [7, 11) is -3.20. The van der Waals surface area contributed by atoms with Gasteiger partial charge in [-0.3, -0.25) is 4.79 Å². The summed E-state index contributed by atoms with van der Waals surface area (Å²) in [6, 6.07) is 1.26. The molecule has 1 N–H and O–H groups in total. The Bertz CT molecular complexity index is 787. The summed E-state index contributed by atoms with van der Waals surface area (Å²) in [6.45, 7) is 0.254. The van der Waals surface area contributed by atoms with E-state index < -0.39 is 21.8 Å². The number of nitrogens with zero attached hydrogens (tertiary/aromatic N) is 3. The van der Waals surface area contributed by atoms with Gasteiger partial charge in [0.25, 0.3) is 0 Å². The highest BCUT2D eigenvalue weighted by Gasteiger charge is 2.34. The number of anilines is 1. The lowest BCUT2D eigenvalue weighted by Gasteiger charge is -2.35. The van der Waals surface area contributed by atoms with Gasteiger partial charge in [0.1, 0.15) is 12.1 Å². The van der Waals surface area contributed by atoms with Gasteiger partial charge in [-0.25, -0.2) is 18.4 Å². The number of carboxylic acid groups (broad SMARTS) is 1. The van der Waals surface area contributed by atoms with E-state index in [9.17, 15) is 13.2 Å². The summed E-state index contributed by atoms with van der Waals surface area (Å²) in [5.74, 6) is -0.536. The van der Waals surface area contributed by atoms with Crippen molar-refractivity contribution in [1.29, 1.82) is 0 Å². The number of aromatic nitrogens is 2. The predicted octanol–water partition coefficient (Wildman–Crippen LogP) is 0.769. The number of aliphatic carboxylic acids is 1. The van der Waals surface area contributed by atoms with Crippen molar-refractivity contribution < 1.29 is 18.3 Å². The first kappa shape index (κ1) is 14.2. The van der Waals surface area contributed by atoms with Crippen LogP contribution in [0.4, 0.5) is 5.82 Å². The number of sulfone groups is 1. The van der Waals surface area contributed by atoms with Crippen molar-refractivity contribution in [3.63, 3.8) is 0 Å². The molecule has 112 valence electrons. The van der Waals surface area contributed by atoms with E-state index in [0.29, 0.717) is 5.82 Å². The number of hydrogen-bond acceptors (Lipinski definition) is 7. The van der Waals surface area contributed by atoms with E-state index in [1.807, 2.05) is 11.4 Å². The van der Waals surface area contributed by atoms with Crippen molar-refractivity contribution in [3.05, 3.63) is 17.8 Å². The predicted molar refractivity (Wildman–Crippen MR) is 79.5 cm³/mol. The first-order valence-corrected chi connectivity index (χ1v) is 9.03. The number of carbonyl (C=O) groups is 1. The molecule has 0 saturated carbocycles.